The molecule has 0 atom stereocenters. The van der Waals surface area contributed by atoms with Gasteiger partial charge in [0.15, 0.2) is 6.61 Å². The molecule has 0 spiro atoms. The summed E-state index contributed by atoms with van der Waals surface area (Å²) in [6.45, 7) is -0.370. The van der Waals surface area contributed by atoms with E-state index < -0.39 is 5.97 Å². The molecule has 0 aliphatic heterocycles. The summed E-state index contributed by atoms with van der Waals surface area (Å²) in [6, 6.07) is 14.9. The summed E-state index contributed by atoms with van der Waals surface area (Å²) < 4.78 is 19.9. The number of likely N-dealkylation sites (N-methyl/N-ethyl adjacent to an activating group) is 1. The Morgan fingerprint density at radius 3 is 2.37 bits per heavy atom. The molecule has 138 valence electrons. The van der Waals surface area contributed by atoms with Crippen molar-refractivity contribution in [1.29, 1.82) is 0 Å². The van der Waals surface area contributed by atoms with Crippen LogP contribution in [0, 0.1) is 5.82 Å². The van der Waals surface area contributed by atoms with E-state index in [4.69, 9.17) is 4.74 Å². The number of carbonyl (C=O) groups excluding carboxylic acids is 2. The third-order valence-corrected chi connectivity index (χ3v) is 3.90. The number of esters is 1. The normalized spacial score (nSPS) is 10.5. The molecule has 0 saturated heterocycles. The Bertz CT molecular complexity index is 950. The average Bonchev–Trinajstić information content (AvgIpc) is 3.12. The standard InChI is InChI=1S/C20H18FN3O3/c1-23(2)18(25)13-27-20(26)17-12-24(16-6-4-3-5-7-16)22-19(17)14-8-10-15(21)11-9-14/h3-12H,13H2,1-2H3. The first-order valence-corrected chi connectivity index (χ1v) is 8.24. The highest BCUT2D eigenvalue weighted by Crippen LogP contribution is 2.25. The molecule has 6 nitrogen and oxygen atoms in total. The van der Waals surface area contributed by atoms with Gasteiger partial charge >= 0.3 is 5.97 Å². The topological polar surface area (TPSA) is 64.4 Å². The van der Waals surface area contributed by atoms with Gasteiger partial charge in [-0.2, -0.15) is 5.10 Å². The number of nitrogens with zero attached hydrogens (tertiary/aromatic N) is 3. The van der Waals surface area contributed by atoms with E-state index in [-0.39, 0.29) is 23.9 Å². The lowest BCUT2D eigenvalue weighted by atomic mass is 10.1. The second kappa shape index (κ2) is 7.82. The van der Waals surface area contributed by atoms with Crippen LogP contribution in [-0.4, -0.2) is 47.3 Å². The minimum atomic E-state index is -0.674. The van der Waals surface area contributed by atoms with E-state index in [0.717, 1.165) is 5.69 Å². The first-order chi connectivity index (χ1) is 13.0. The van der Waals surface area contributed by atoms with Gasteiger partial charge < -0.3 is 9.64 Å². The maximum Gasteiger partial charge on any atom is 0.342 e. The van der Waals surface area contributed by atoms with Gasteiger partial charge in [-0.15, -0.1) is 0 Å². The molecule has 0 aliphatic carbocycles. The monoisotopic (exact) mass is 367 g/mol. The number of halogens is 1. The summed E-state index contributed by atoms with van der Waals surface area (Å²) >= 11 is 0. The number of benzene rings is 2. The molecule has 1 aromatic heterocycles. The van der Waals surface area contributed by atoms with Crippen molar-refractivity contribution in [3.05, 3.63) is 72.2 Å². The molecular weight excluding hydrogens is 349 g/mol. The molecule has 27 heavy (non-hydrogen) atoms. The maximum atomic E-state index is 13.3. The molecule has 0 unspecified atom stereocenters. The van der Waals surface area contributed by atoms with E-state index in [1.54, 1.807) is 18.8 Å². The van der Waals surface area contributed by atoms with E-state index in [0.29, 0.717) is 11.3 Å². The van der Waals surface area contributed by atoms with Crippen LogP contribution in [0.4, 0.5) is 4.39 Å². The van der Waals surface area contributed by atoms with E-state index in [9.17, 15) is 14.0 Å². The van der Waals surface area contributed by atoms with E-state index in [2.05, 4.69) is 5.10 Å². The molecule has 0 fully saturated rings. The lowest BCUT2D eigenvalue weighted by Crippen LogP contribution is -2.27. The van der Waals surface area contributed by atoms with Gasteiger partial charge in [-0.1, -0.05) is 18.2 Å². The van der Waals surface area contributed by atoms with Crippen molar-refractivity contribution < 1.29 is 18.7 Å². The van der Waals surface area contributed by atoms with Crippen molar-refractivity contribution in [3.63, 3.8) is 0 Å². The number of ether oxygens (including phenoxy) is 1. The number of hydrogen-bond acceptors (Lipinski definition) is 4. The van der Waals surface area contributed by atoms with Crippen molar-refractivity contribution in [2.24, 2.45) is 0 Å². The summed E-state index contributed by atoms with van der Waals surface area (Å²) in [5, 5.41) is 4.46. The lowest BCUT2D eigenvalue weighted by molar-refractivity contribution is -0.131. The largest absolute Gasteiger partial charge is 0.452 e. The molecule has 0 saturated carbocycles. The van der Waals surface area contributed by atoms with Crippen molar-refractivity contribution in [2.45, 2.75) is 0 Å². The molecule has 3 aromatic rings. The fourth-order valence-corrected chi connectivity index (χ4v) is 2.39. The first kappa shape index (κ1) is 18.3. The van der Waals surface area contributed by atoms with Crippen molar-refractivity contribution in [1.82, 2.24) is 14.7 Å². The van der Waals surface area contributed by atoms with Crippen LogP contribution in [0.5, 0.6) is 0 Å². The van der Waals surface area contributed by atoms with Gasteiger partial charge in [0.1, 0.15) is 17.1 Å². The second-order valence-corrected chi connectivity index (χ2v) is 6.04. The van der Waals surface area contributed by atoms with E-state index in [1.807, 2.05) is 30.3 Å². The van der Waals surface area contributed by atoms with Gasteiger partial charge in [-0.25, -0.2) is 13.9 Å². The van der Waals surface area contributed by atoms with Crippen LogP contribution in [0.25, 0.3) is 16.9 Å². The summed E-state index contributed by atoms with van der Waals surface area (Å²) in [6.07, 6.45) is 1.54. The predicted molar refractivity (Wildman–Crippen MR) is 97.9 cm³/mol. The Kier molecular flexibility index (Phi) is 5.30. The Morgan fingerprint density at radius 2 is 1.74 bits per heavy atom. The number of para-hydroxylation sites is 1. The number of rotatable bonds is 5. The Labute approximate surface area is 155 Å². The zero-order chi connectivity index (χ0) is 19.4. The van der Waals surface area contributed by atoms with Crippen molar-refractivity contribution in [3.8, 4) is 16.9 Å². The van der Waals surface area contributed by atoms with Crippen LogP contribution in [-0.2, 0) is 9.53 Å². The third kappa shape index (κ3) is 4.20. The molecule has 1 amide bonds. The minimum absolute atomic E-state index is 0.192. The minimum Gasteiger partial charge on any atom is -0.452 e. The Balaban J connectivity index is 1.97. The summed E-state index contributed by atoms with van der Waals surface area (Å²) in [5.41, 5.74) is 1.86. The van der Waals surface area contributed by atoms with Crippen molar-refractivity contribution in [2.75, 3.05) is 20.7 Å². The molecule has 2 aromatic carbocycles. The molecule has 3 rings (SSSR count). The molecule has 0 N–H and O–H groups in total. The van der Waals surface area contributed by atoms with Gasteiger partial charge in [-0.05, 0) is 36.4 Å². The molecule has 0 bridgehead atoms. The maximum absolute atomic E-state index is 13.3. The Hall–Kier alpha value is -3.48. The predicted octanol–water partition coefficient (Wildman–Crippen LogP) is 2.92. The summed E-state index contributed by atoms with van der Waals surface area (Å²) in [7, 11) is 3.15. The average molecular weight is 367 g/mol. The molecule has 0 aliphatic rings. The second-order valence-electron chi connectivity index (χ2n) is 6.04. The highest BCUT2D eigenvalue weighted by Gasteiger charge is 2.21. The van der Waals surface area contributed by atoms with Crippen LogP contribution < -0.4 is 0 Å². The van der Waals surface area contributed by atoms with Gasteiger partial charge in [0, 0.05) is 25.9 Å². The Morgan fingerprint density at radius 1 is 1.07 bits per heavy atom. The summed E-state index contributed by atoms with van der Waals surface area (Å²) in [4.78, 5) is 25.6. The third-order valence-electron chi connectivity index (χ3n) is 3.90. The quantitative estimate of drug-likeness (QED) is 0.651. The highest BCUT2D eigenvalue weighted by molar-refractivity contribution is 5.97. The number of carbonyl (C=O) groups is 2. The SMILES string of the molecule is CN(C)C(=O)COC(=O)c1cn(-c2ccccc2)nc1-c1ccc(F)cc1. The van der Waals surface area contributed by atoms with E-state index >= 15 is 0 Å². The zero-order valence-electron chi connectivity index (χ0n) is 14.9. The van der Waals surface area contributed by atoms with Crippen LogP contribution in [0.3, 0.4) is 0 Å². The molecule has 0 radical (unpaired) electrons. The summed E-state index contributed by atoms with van der Waals surface area (Å²) in [5.74, 6) is -1.39. The molecular formula is C20H18FN3O3. The van der Waals surface area contributed by atoms with Gasteiger partial charge in [0.25, 0.3) is 5.91 Å². The lowest BCUT2D eigenvalue weighted by Gasteiger charge is -2.10. The first-order valence-electron chi connectivity index (χ1n) is 8.24. The number of aromatic nitrogens is 2. The zero-order valence-corrected chi connectivity index (χ0v) is 14.9. The molecule has 1 heterocycles. The fourth-order valence-electron chi connectivity index (χ4n) is 2.39. The van der Waals surface area contributed by atoms with Crippen LogP contribution in [0.15, 0.2) is 60.8 Å². The van der Waals surface area contributed by atoms with Crippen LogP contribution in [0.2, 0.25) is 0 Å². The van der Waals surface area contributed by atoms with Gasteiger partial charge in [0.2, 0.25) is 0 Å². The van der Waals surface area contributed by atoms with Crippen LogP contribution >= 0.6 is 0 Å². The van der Waals surface area contributed by atoms with Crippen LogP contribution in [0.1, 0.15) is 10.4 Å². The van der Waals surface area contributed by atoms with E-state index in [1.165, 1.54) is 35.4 Å². The smallest absolute Gasteiger partial charge is 0.342 e. The molecule has 7 heteroatoms. The highest BCUT2D eigenvalue weighted by atomic mass is 19.1. The fraction of sp³-hybridized carbons (Fsp3) is 0.150. The number of hydrogen-bond donors (Lipinski definition) is 0. The van der Waals surface area contributed by atoms with Gasteiger partial charge in [0.05, 0.1) is 5.69 Å². The number of amides is 1. The van der Waals surface area contributed by atoms with Crippen molar-refractivity contribution >= 4 is 11.9 Å². The van der Waals surface area contributed by atoms with Gasteiger partial charge in [-0.3, -0.25) is 4.79 Å².